The fraction of sp³-hybridized carbons (Fsp3) is 0.143. The Morgan fingerprint density at radius 1 is 1.26 bits per heavy atom. The molecule has 4 nitrogen and oxygen atoms in total. The van der Waals surface area contributed by atoms with Crippen molar-refractivity contribution >= 4 is 28.6 Å². The third-order valence-electron chi connectivity index (χ3n) is 2.64. The van der Waals surface area contributed by atoms with Crippen LogP contribution in [0, 0.1) is 3.57 Å². The van der Waals surface area contributed by atoms with E-state index in [0.717, 1.165) is 14.9 Å². The van der Waals surface area contributed by atoms with Crippen molar-refractivity contribution in [3.63, 3.8) is 0 Å². The van der Waals surface area contributed by atoms with Gasteiger partial charge in [-0.15, -0.1) is 0 Å². The van der Waals surface area contributed by atoms with Crippen molar-refractivity contribution in [3.05, 3.63) is 45.7 Å². The largest absolute Gasteiger partial charge is 0.496 e. The summed E-state index contributed by atoms with van der Waals surface area (Å²) in [5.41, 5.74) is 1.91. The average molecular weight is 369 g/mol. The molecule has 0 atom stereocenters. The lowest BCUT2D eigenvalue weighted by Crippen LogP contribution is -2.04. The van der Waals surface area contributed by atoms with E-state index < -0.39 is 5.97 Å². The van der Waals surface area contributed by atoms with E-state index in [9.17, 15) is 4.79 Å². The van der Waals surface area contributed by atoms with Crippen molar-refractivity contribution in [2.45, 2.75) is 0 Å². The molecule has 0 spiro atoms. The lowest BCUT2D eigenvalue weighted by Gasteiger charge is -2.09. The third kappa shape index (κ3) is 2.86. The van der Waals surface area contributed by atoms with Crippen LogP contribution in [0.25, 0.3) is 11.3 Å². The Kier molecular flexibility index (Phi) is 4.36. The highest BCUT2D eigenvalue weighted by molar-refractivity contribution is 14.1. The molecule has 0 unspecified atom stereocenters. The summed E-state index contributed by atoms with van der Waals surface area (Å²) in [6.07, 6.45) is 1.65. The normalized spacial score (nSPS) is 10.1. The number of methoxy groups -OCH3 is 2. The number of benzene rings is 1. The van der Waals surface area contributed by atoms with Crippen LogP contribution in [0.5, 0.6) is 5.75 Å². The van der Waals surface area contributed by atoms with E-state index in [4.69, 9.17) is 9.47 Å². The first-order valence-electron chi connectivity index (χ1n) is 5.54. The van der Waals surface area contributed by atoms with Crippen LogP contribution in [0.3, 0.4) is 0 Å². The summed E-state index contributed by atoms with van der Waals surface area (Å²) >= 11 is 2.18. The predicted molar refractivity (Wildman–Crippen MR) is 80.3 cm³/mol. The summed E-state index contributed by atoms with van der Waals surface area (Å²) in [6.45, 7) is 0. The predicted octanol–water partition coefficient (Wildman–Crippen LogP) is 3.15. The molecule has 0 aliphatic rings. The second kappa shape index (κ2) is 6.01. The van der Waals surface area contributed by atoms with E-state index in [1.54, 1.807) is 25.4 Å². The molecule has 0 N–H and O–H groups in total. The van der Waals surface area contributed by atoms with Gasteiger partial charge in [-0.2, -0.15) is 0 Å². The molecule has 19 heavy (non-hydrogen) atoms. The quantitative estimate of drug-likeness (QED) is 0.616. The van der Waals surface area contributed by atoms with Crippen molar-refractivity contribution in [2.75, 3.05) is 14.2 Å². The van der Waals surface area contributed by atoms with Crippen LogP contribution in [0.2, 0.25) is 0 Å². The van der Waals surface area contributed by atoms with Crippen molar-refractivity contribution in [1.82, 2.24) is 4.98 Å². The monoisotopic (exact) mass is 369 g/mol. The Labute approximate surface area is 124 Å². The van der Waals surface area contributed by atoms with E-state index in [2.05, 4.69) is 27.6 Å². The van der Waals surface area contributed by atoms with Gasteiger partial charge in [-0.3, -0.25) is 4.98 Å². The van der Waals surface area contributed by atoms with Crippen LogP contribution >= 0.6 is 22.6 Å². The van der Waals surface area contributed by atoms with Crippen LogP contribution in [0.1, 0.15) is 10.4 Å². The second-order valence-electron chi connectivity index (χ2n) is 3.74. The van der Waals surface area contributed by atoms with Gasteiger partial charge >= 0.3 is 5.97 Å². The summed E-state index contributed by atoms with van der Waals surface area (Å²) in [5, 5.41) is 0. The Bertz CT molecular complexity index is 613. The van der Waals surface area contributed by atoms with Gasteiger partial charge in [0.2, 0.25) is 0 Å². The van der Waals surface area contributed by atoms with Crippen molar-refractivity contribution < 1.29 is 14.3 Å². The minimum absolute atomic E-state index is 0.395. The van der Waals surface area contributed by atoms with Crippen LogP contribution in [0.4, 0.5) is 0 Å². The molecule has 0 amide bonds. The van der Waals surface area contributed by atoms with Gasteiger partial charge in [-0.05, 0) is 52.9 Å². The van der Waals surface area contributed by atoms with Crippen molar-refractivity contribution in [3.8, 4) is 17.0 Å². The Balaban J connectivity index is 2.53. The number of nitrogens with zero attached hydrogens (tertiary/aromatic N) is 1. The van der Waals surface area contributed by atoms with Gasteiger partial charge in [-0.25, -0.2) is 4.79 Å². The van der Waals surface area contributed by atoms with Gasteiger partial charge in [0.15, 0.2) is 0 Å². The summed E-state index contributed by atoms with van der Waals surface area (Å²) < 4.78 is 10.9. The van der Waals surface area contributed by atoms with Gasteiger partial charge in [-0.1, -0.05) is 0 Å². The first-order chi connectivity index (χ1) is 9.17. The molecule has 2 rings (SSSR count). The van der Waals surface area contributed by atoms with Crippen molar-refractivity contribution in [2.24, 2.45) is 0 Å². The second-order valence-corrected chi connectivity index (χ2v) is 4.90. The van der Waals surface area contributed by atoms with Gasteiger partial charge in [0, 0.05) is 11.8 Å². The topological polar surface area (TPSA) is 48.4 Å². The summed E-state index contributed by atoms with van der Waals surface area (Å²) in [6, 6.07) is 9.06. The summed E-state index contributed by atoms with van der Waals surface area (Å²) in [5.74, 6) is 0.397. The fourth-order valence-corrected chi connectivity index (χ4v) is 2.46. The molecule has 0 saturated carbocycles. The van der Waals surface area contributed by atoms with E-state index in [1.165, 1.54) is 7.11 Å². The van der Waals surface area contributed by atoms with E-state index >= 15 is 0 Å². The van der Waals surface area contributed by atoms with E-state index in [-0.39, 0.29) is 0 Å². The molecule has 98 valence electrons. The number of esters is 1. The number of rotatable bonds is 3. The maximum atomic E-state index is 11.7. The van der Waals surface area contributed by atoms with Crippen molar-refractivity contribution in [1.29, 1.82) is 0 Å². The van der Waals surface area contributed by atoms with Crippen LogP contribution in [-0.4, -0.2) is 25.2 Å². The smallest absolute Gasteiger partial charge is 0.340 e. The number of hydrogen-bond donors (Lipinski definition) is 0. The molecule has 1 heterocycles. The number of hydrogen-bond acceptors (Lipinski definition) is 4. The number of carbonyl (C=O) groups excluding carboxylic acids is 1. The SMILES string of the molecule is COC(=O)c1cccnc1-c1ccc(OC)c(I)c1. The zero-order chi connectivity index (χ0) is 13.8. The molecule has 1 aromatic heterocycles. The minimum atomic E-state index is -0.395. The number of halogens is 1. The van der Waals surface area contributed by atoms with Gasteiger partial charge in [0.05, 0.1) is 29.0 Å². The maximum Gasteiger partial charge on any atom is 0.340 e. The summed E-state index contributed by atoms with van der Waals surface area (Å²) in [7, 11) is 2.98. The van der Waals surface area contributed by atoms with E-state index in [0.29, 0.717) is 11.3 Å². The number of aromatic nitrogens is 1. The standard InChI is InChI=1S/C14H12INO3/c1-18-12-6-5-9(8-11(12)15)13-10(14(17)19-2)4-3-7-16-13/h3-8H,1-2H3. The molecule has 1 aromatic carbocycles. The molecular weight excluding hydrogens is 357 g/mol. The molecule has 0 radical (unpaired) electrons. The first-order valence-corrected chi connectivity index (χ1v) is 6.62. The summed E-state index contributed by atoms with van der Waals surface area (Å²) in [4.78, 5) is 16.0. The van der Waals surface area contributed by atoms with Crippen LogP contribution in [-0.2, 0) is 4.74 Å². The average Bonchev–Trinajstić information content (AvgIpc) is 2.46. The molecule has 0 bridgehead atoms. The minimum Gasteiger partial charge on any atom is -0.496 e. The maximum absolute atomic E-state index is 11.7. The van der Waals surface area contributed by atoms with Gasteiger partial charge in [0.1, 0.15) is 5.75 Å². The molecule has 0 aliphatic carbocycles. The molecule has 0 aliphatic heterocycles. The Morgan fingerprint density at radius 3 is 2.68 bits per heavy atom. The Morgan fingerprint density at radius 2 is 2.05 bits per heavy atom. The molecule has 5 heteroatoms. The third-order valence-corrected chi connectivity index (χ3v) is 3.48. The first kappa shape index (κ1) is 13.8. The zero-order valence-electron chi connectivity index (χ0n) is 10.5. The molecule has 0 fully saturated rings. The Hall–Kier alpha value is -1.63. The molecule has 2 aromatic rings. The number of carbonyl (C=O) groups is 1. The molecule has 0 saturated heterocycles. The lowest BCUT2D eigenvalue weighted by molar-refractivity contribution is 0.0601. The van der Waals surface area contributed by atoms with E-state index in [1.807, 2.05) is 18.2 Å². The van der Waals surface area contributed by atoms with Crippen LogP contribution in [0.15, 0.2) is 36.5 Å². The highest BCUT2D eigenvalue weighted by Gasteiger charge is 2.14. The lowest BCUT2D eigenvalue weighted by atomic mass is 10.1. The number of pyridine rings is 1. The highest BCUT2D eigenvalue weighted by Crippen LogP contribution is 2.28. The fourth-order valence-electron chi connectivity index (χ4n) is 1.72. The van der Waals surface area contributed by atoms with Gasteiger partial charge < -0.3 is 9.47 Å². The number of ether oxygens (including phenoxy) is 2. The van der Waals surface area contributed by atoms with Crippen LogP contribution < -0.4 is 4.74 Å². The zero-order valence-corrected chi connectivity index (χ0v) is 12.7. The highest BCUT2D eigenvalue weighted by atomic mass is 127. The molecular formula is C14H12INO3. The van der Waals surface area contributed by atoms with Gasteiger partial charge in [0.25, 0.3) is 0 Å².